The van der Waals surface area contributed by atoms with E-state index in [2.05, 4.69) is 9.97 Å². The molecule has 2 N–H and O–H groups in total. The highest BCUT2D eigenvalue weighted by molar-refractivity contribution is 6.32. The minimum absolute atomic E-state index is 0.275. The maximum absolute atomic E-state index is 6.14. The molecule has 0 aliphatic heterocycles. The molecule has 0 unspecified atom stereocenters. The van der Waals surface area contributed by atoms with Crippen LogP contribution < -0.4 is 15.2 Å². The molecule has 0 radical (unpaired) electrons. The van der Waals surface area contributed by atoms with Crippen molar-refractivity contribution in [1.82, 2.24) is 9.97 Å². The Morgan fingerprint density at radius 2 is 1.76 bits per heavy atom. The monoisotopic (exact) mass is 307 g/mol. The van der Waals surface area contributed by atoms with Gasteiger partial charge < -0.3 is 15.2 Å². The predicted molar refractivity (Wildman–Crippen MR) is 83.2 cm³/mol. The van der Waals surface area contributed by atoms with E-state index >= 15 is 0 Å². The van der Waals surface area contributed by atoms with Crippen molar-refractivity contribution in [2.75, 3.05) is 12.3 Å². The highest BCUT2D eigenvalue weighted by Crippen LogP contribution is 2.33. The van der Waals surface area contributed by atoms with E-state index in [0.717, 1.165) is 22.6 Å². The maximum Gasteiger partial charge on any atom is 0.249 e. The van der Waals surface area contributed by atoms with E-state index in [9.17, 15) is 0 Å². The second-order valence-corrected chi connectivity index (χ2v) is 5.10. The second-order valence-electron chi connectivity index (χ2n) is 4.72. The van der Waals surface area contributed by atoms with E-state index in [4.69, 9.17) is 26.8 Å². The molecule has 0 aliphatic rings. The number of anilines is 1. The summed E-state index contributed by atoms with van der Waals surface area (Å²) in [6.07, 6.45) is 2.24. The Bertz CT molecular complexity index is 624. The van der Waals surface area contributed by atoms with Crippen LogP contribution >= 0.6 is 11.6 Å². The number of aryl methyl sites for hydroxylation is 2. The van der Waals surface area contributed by atoms with Crippen LogP contribution in [0, 0.1) is 13.8 Å². The third kappa shape index (κ3) is 3.55. The molecule has 1 aromatic heterocycles. The van der Waals surface area contributed by atoms with Gasteiger partial charge in [-0.1, -0.05) is 18.5 Å². The van der Waals surface area contributed by atoms with E-state index < -0.39 is 0 Å². The number of hydrogen-bond acceptors (Lipinski definition) is 5. The predicted octanol–water partition coefficient (Wildman–Crippen LogP) is 3.91. The zero-order valence-electron chi connectivity index (χ0n) is 12.3. The van der Waals surface area contributed by atoms with Crippen LogP contribution in [0.5, 0.6) is 17.5 Å². The number of hydrogen-bond donors (Lipinski definition) is 1. The van der Waals surface area contributed by atoms with Crippen molar-refractivity contribution in [3.8, 4) is 17.5 Å². The van der Waals surface area contributed by atoms with Gasteiger partial charge in [0.15, 0.2) is 5.69 Å². The molecule has 0 saturated carbocycles. The van der Waals surface area contributed by atoms with Gasteiger partial charge in [-0.2, -0.15) is 9.97 Å². The molecule has 0 saturated heterocycles. The number of aromatic nitrogens is 2. The van der Waals surface area contributed by atoms with E-state index in [1.54, 1.807) is 0 Å². The Balaban J connectivity index is 2.27. The molecule has 5 nitrogen and oxygen atoms in total. The molecule has 6 heteroatoms. The lowest BCUT2D eigenvalue weighted by Gasteiger charge is -2.12. The fourth-order valence-electron chi connectivity index (χ4n) is 1.84. The number of rotatable bonds is 5. The molecule has 0 aliphatic carbocycles. The van der Waals surface area contributed by atoms with Gasteiger partial charge in [0, 0.05) is 5.02 Å². The average molecular weight is 308 g/mol. The standard InChI is InChI=1S/C15H18ClN3O2/c1-4-5-20-14-13(17)15(19-8-18-14)21-11-6-9(2)12(16)10(3)7-11/h6-8H,4-5,17H2,1-3H3. The first kappa shape index (κ1) is 15.4. The fraction of sp³-hybridized carbons (Fsp3) is 0.333. The zero-order chi connectivity index (χ0) is 15.4. The number of halogens is 1. The molecule has 0 fully saturated rings. The summed E-state index contributed by atoms with van der Waals surface area (Å²) in [7, 11) is 0. The molecular weight excluding hydrogens is 290 g/mol. The lowest BCUT2D eigenvalue weighted by atomic mass is 10.1. The molecule has 0 amide bonds. The first-order chi connectivity index (χ1) is 10.0. The minimum atomic E-state index is 0.275. The smallest absolute Gasteiger partial charge is 0.249 e. The SMILES string of the molecule is CCCOc1ncnc(Oc2cc(C)c(Cl)c(C)c2)c1N. The molecule has 2 aromatic rings. The van der Waals surface area contributed by atoms with Crippen LogP contribution in [0.25, 0.3) is 0 Å². The van der Waals surface area contributed by atoms with Crippen molar-refractivity contribution in [3.63, 3.8) is 0 Å². The summed E-state index contributed by atoms with van der Waals surface area (Å²) in [4.78, 5) is 8.06. The molecule has 1 aromatic carbocycles. The van der Waals surface area contributed by atoms with Crippen LogP contribution in [-0.4, -0.2) is 16.6 Å². The van der Waals surface area contributed by atoms with Crippen molar-refractivity contribution in [3.05, 3.63) is 34.6 Å². The third-order valence-electron chi connectivity index (χ3n) is 2.88. The lowest BCUT2D eigenvalue weighted by molar-refractivity contribution is 0.304. The summed E-state index contributed by atoms with van der Waals surface area (Å²) in [6, 6.07) is 3.67. The lowest BCUT2D eigenvalue weighted by Crippen LogP contribution is -2.04. The van der Waals surface area contributed by atoms with Crippen LogP contribution in [0.4, 0.5) is 5.69 Å². The minimum Gasteiger partial charge on any atom is -0.476 e. The van der Waals surface area contributed by atoms with E-state index in [0.29, 0.717) is 18.2 Å². The molecule has 2 rings (SSSR count). The molecule has 1 heterocycles. The van der Waals surface area contributed by atoms with E-state index in [-0.39, 0.29) is 11.6 Å². The highest BCUT2D eigenvalue weighted by atomic mass is 35.5. The summed E-state index contributed by atoms with van der Waals surface area (Å²) >= 11 is 6.14. The topological polar surface area (TPSA) is 70.3 Å². The number of ether oxygens (including phenoxy) is 2. The van der Waals surface area contributed by atoms with Crippen molar-refractivity contribution in [2.45, 2.75) is 27.2 Å². The summed E-state index contributed by atoms with van der Waals surface area (Å²) in [5.41, 5.74) is 8.13. The highest BCUT2D eigenvalue weighted by Gasteiger charge is 2.12. The van der Waals surface area contributed by atoms with Gasteiger partial charge in [0.1, 0.15) is 12.1 Å². The van der Waals surface area contributed by atoms with Crippen LogP contribution in [-0.2, 0) is 0 Å². The summed E-state index contributed by atoms with van der Waals surface area (Å²) < 4.78 is 11.2. The Labute approximate surface area is 129 Å². The van der Waals surface area contributed by atoms with Crippen molar-refractivity contribution >= 4 is 17.3 Å². The Morgan fingerprint density at radius 1 is 1.14 bits per heavy atom. The Kier molecular flexibility index (Phi) is 4.85. The van der Waals surface area contributed by atoms with E-state index in [1.165, 1.54) is 6.33 Å². The van der Waals surface area contributed by atoms with Gasteiger partial charge in [-0.15, -0.1) is 0 Å². The molecule has 0 atom stereocenters. The number of benzene rings is 1. The molecule has 21 heavy (non-hydrogen) atoms. The van der Waals surface area contributed by atoms with Gasteiger partial charge in [-0.25, -0.2) is 0 Å². The quantitative estimate of drug-likeness (QED) is 0.906. The number of nitrogen functional groups attached to an aromatic ring is 1. The first-order valence-corrected chi connectivity index (χ1v) is 7.08. The molecular formula is C15H18ClN3O2. The maximum atomic E-state index is 6.14. The first-order valence-electron chi connectivity index (χ1n) is 6.70. The summed E-state index contributed by atoms with van der Waals surface area (Å²) in [5.74, 6) is 1.24. The average Bonchev–Trinajstić information content (AvgIpc) is 2.45. The molecule has 0 bridgehead atoms. The van der Waals surface area contributed by atoms with Crippen molar-refractivity contribution in [2.24, 2.45) is 0 Å². The number of nitrogens with zero attached hydrogens (tertiary/aromatic N) is 2. The van der Waals surface area contributed by atoms with E-state index in [1.807, 2.05) is 32.9 Å². The summed E-state index contributed by atoms with van der Waals surface area (Å²) in [6.45, 7) is 6.39. The van der Waals surface area contributed by atoms with Crippen LogP contribution in [0.1, 0.15) is 24.5 Å². The Hall–Kier alpha value is -2.01. The van der Waals surface area contributed by atoms with Crippen LogP contribution in [0.2, 0.25) is 5.02 Å². The normalized spacial score (nSPS) is 10.5. The summed E-state index contributed by atoms with van der Waals surface area (Å²) in [5, 5.41) is 0.727. The fourth-order valence-corrected chi connectivity index (χ4v) is 1.95. The van der Waals surface area contributed by atoms with Crippen molar-refractivity contribution < 1.29 is 9.47 Å². The van der Waals surface area contributed by atoms with Gasteiger partial charge in [-0.05, 0) is 43.5 Å². The van der Waals surface area contributed by atoms with Gasteiger partial charge in [0.2, 0.25) is 11.8 Å². The zero-order valence-corrected chi connectivity index (χ0v) is 13.1. The van der Waals surface area contributed by atoms with Crippen LogP contribution in [0.15, 0.2) is 18.5 Å². The largest absolute Gasteiger partial charge is 0.476 e. The van der Waals surface area contributed by atoms with Gasteiger partial charge in [-0.3, -0.25) is 0 Å². The molecule has 0 spiro atoms. The molecule has 112 valence electrons. The second kappa shape index (κ2) is 6.63. The van der Waals surface area contributed by atoms with Gasteiger partial charge in [0.05, 0.1) is 6.61 Å². The third-order valence-corrected chi connectivity index (χ3v) is 3.47. The Morgan fingerprint density at radius 3 is 2.38 bits per heavy atom. The number of nitrogens with two attached hydrogens (primary N) is 1. The van der Waals surface area contributed by atoms with Gasteiger partial charge in [0.25, 0.3) is 0 Å². The van der Waals surface area contributed by atoms with Crippen LogP contribution in [0.3, 0.4) is 0 Å². The van der Waals surface area contributed by atoms with Gasteiger partial charge >= 0.3 is 0 Å². The van der Waals surface area contributed by atoms with Crippen molar-refractivity contribution in [1.29, 1.82) is 0 Å².